The molecule has 31 heavy (non-hydrogen) atoms. The molecule has 2 unspecified atom stereocenters. The molecule has 8 nitrogen and oxygen atoms in total. The summed E-state index contributed by atoms with van der Waals surface area (Å²) in [6, 6.07) is 8.97. The quantitative estimate of drug-likeness (QED) is 0.355. The minimum Gasteiger partial charge on any atom is -0.396 e. The van der Waals surface area contributed by atoms with Crippen molar-refractivity contribution >= 4 is 20.0 Å². The van der Waals surface area contributed by atoms with Crippen molar-refractivity contribution in [1.29, 1.82) is 0 Å². The van der Waals surface area contributed by atoms with Gasteiger partial charge < -0.3 is 10.2 Å². The normalized spacial score (nSPS) is 15.4. The summed E-state index contributed by atoms with van der Waals surface area (Å²) in [4.78, 5) is 0.271. The fourth-order valence-electron chi connectivity index (χ4n) is 3.67. The van der Waals surface area contributed by atoms with Crippen molar-refractivity contribution in [1.82, 2.24) is 9.44 Å². The average Bonchev–Trinajstić information content (AvgIpc) is 3.04. The topological polar surface area (TPSA) is 133 Å². The lowest BCUT2D eigenvalue weighted by atomic mass is 10.1. The van der Waals surface area contributed by atoms with Gasteiger partial charge in [0.15, 0.2) is 0 Å². The van der Waals surface area contributed by atoms with Gasteiger partial charge in [0.2, 0.25) is 20.0 Å². The summed E-state index contributed by atoms with van der Waals surface area (Å²) in [6.07, 6.45) is 1.06. The standard InChI is InChI=1S/C21H28N2O6S2/c1-14(7-9-24)22-30(26,27)18-3-5-20-16(12-18)11-17-13-19(4-6-21(17)20)31(28,29)23-15(2)8-10-25/h3-6,12-15,22-25H,7-11H2,1-2H3. The predicted octanol–water partition coefficient (Wildman–Crippen LogP) is 1.36. The van der Waals surface area contributed by atoms with Crippen LogP contribution in [0.1, 0.15) is 37.8 Å². The van der Waals surface area contributed by atoms with E-state index >= 15 is 0 Å². The smallest absolute Gasteiger partial charge is 0.240 e. The number of nitrogens with one attached hydrogen (secondary N) is 2. The van der Waals surface area contributed by atoms with Crippen LogP contribution in [0.25, 0.3) is 11.1 Å². The summed E-state index contributed by atoms with van der Waals surface area (Å²) >= 11 is 0. The van der Waals surface area contributed by atoms with Crippen LogP contribution in [-0.2, 0) is 26.5 Å². The van der Waals surface area contributed by atoms with E-state index in [4.69, 9.17) is 10.2 Å². The zero-order valence-corrected chi connectivity index (χ0v) is 19.1. The molecule has 170 valence electrons. The predicted molar refractivity (Wildman–Crippen MR) is 118 cm³/mol. The van der Waals surface area contributed by atoms with Crippen molar-refractivity contribution in [3.8, 4) is 11.1 Å². The molecule has 2 aromatic rings. The van der Waals surface area contributed by atoms with Crippen LogP contribution in [0, 0.1) is 0 Å². The van der Waals surface area contributed by atoms with E-state index in [0.29, 0.717) is 19.3 Å². The highest BCUT2D eigenvalue weighted by Gasteiger charge is 2.25. The van der Waals surface area contributed by atoms with Gasteiger partial charge in [0.1, 0.15) is 0 Å². The Balaban J connectivity index is 1.86. The van der Waals surface area contributed by atoms with E-state index < -0.39 is 32.1 Å². The van der Waals surface area contributed by atoms with E-state index in [-0.39, 0.29) is 23.0 Å². The Bertz CT molecular complexity index is 1070. The number of aliphatic hydroxyl groups excluding tert-OH is 2. The molecule has 0 heterocycles. The number of hydrogen-bond donors (Lipinski definition) is 4. The first-order valence-electron chi connectivity index (χ1n) is 10.1. The van der Waals surface area contributed by atoms with Crippen molar-refractivity contribution < 1.29 is 27.0 Å². The summed E-state index contributed by atoms with van der Waals surface area (Å²) in [5.74, 6) is 0. The molecular formula is C21H28N2O6S2. The average molecular weight is 469 g/mol. The van der Waals surface area contributed by atoms with Crippen LogP contribution in [0.15, 0.2) is 46.2 Å². The molecular weight excluding hydrogens is 440 g/mol. The van der Waals surface area contributed by atoms with Gasteiger partial charge in [-0.2, -0.15) is 0 Å². The number of benzene rings is 2. The van der Waals surface area contributed by atoms with E-state index in [2.05, 4.69) is 9.44 Å². The second-order valence-corrected chi connectivity index (χ2v) is 11.3. The lowest BCUT2D eigenvalue weighted by Gasteiger charge is -2.14. The number of hydrogen-bond acceptors (Lipinski definition) is 6. The zero-order chi connectivity index (χ0) is 22.8. The van der Waals surface area contributed by atoms with Crippen LogP contribution in [-0.4, -0.2) is 52.3 Å². The van der Waals surface area contributed by atoms with Gasteiger partial charge in [-0.3, -0.25) is 0 Å². The molecule has 3 rings (SSSR count). The Morgan fingerprint density at radius 3 is 1.52 bits per heavy atom. The fourth-order valence-corrected chi connectivity index (χ4v) is 6.33. The highest BCUT2D eigenvalue weighted by molar-refractivity contribution is 7.89. The SMILES string of the molecule is CC(CCO)NS(=O)(=O)c1ccc2c(c1)Cc1cc(S(=O)(=O)NC(C)CCO)ccc1-2. The summed E-state index contributed by atoms with van der Waals surface area (Å²) in [5, 5.41) is 18.0. The third-order valence-electron chi connectivity index (χ3n) is 5.28. The van der Waals surface area contributed by atoms with Crippen LogP contribution >= 0.6 is 0 Å². The molecule has 0 saturated carbocycles. The van der Waals surface area contributed by atoms with Crippen LogP contribution in [0.3, 0.4) is 0 Å². The molecule has 0 saturated heterocycles. The molecule has 0 fully saturated rings. The Hall–Kier alpha value is -1.82. The minimum absolute atomic E-state index is 0.109. The number of aliphatic hydroxyl groups is 2. The van der Waals surface area contributed by atoms with Gasteiger partial charge in [0.05, 0.1) is 9.79 Å². The maximum atomic E-state index is 12.6. The lowest BCUT2D eigenvalue weighted by molar-refractivity contribution is 0.275. The molecule has 0 amide bonds. The second kappa shape index (κ2) is 9.35. The van der Waals surface area contributed by atoms with Crippen molar-refractivity contribution in [3.05, 3.63) is 47.5 Å². The maximum absolute atomic E-state index is 12.6. The first kappa shape index (κ1) is 23.8. The lowest BCUT2D eigenvalue weighted by Crippen LogP contribution is -2.33. The first-order chi connectivity index (χ1) is 14.6. The van der Waals surface area contributed by atoms with E-state index in [1.54, 1.807) is 38.1 Å². The molecule has 10 heteroatoms. The monoisotopic (exact) mass is 468 g/mol. The summed E-state index contributed by atoms with van der Waals surface area (Å²) < 4.78 is 55.6. The third kappa shape index (κ3) is 5.33. The van der Waals surface area contributed by atoms with Gasteiger partial charge in [-0.1, -0.05) is 12.1 Å². The van der Waals surface area contributed by atoms with Gasteiger partial charge in [-0.05, 0) is 79.6 Å². The highest BCUT2D eigenvalue weighted by Crippen LogP contribution is 2.38. The Labute approximate surface area is 183 Å². The van der Waals surface area contributed by atoms with Gasteiger partial charge in [-0.25, -0.2) is 26.3 Å². The number of rotatable bonds is 10. The molecule has 0 aliphatic heterocycles. The summed E-state index contributed by atoms with van der Waals surface area (Å²) in [7, 11) is -7.46. The van der Waals surface area contributed by atoms with Gasteiger partial charge in [0, 0.05) is 25.3 Å². The molecule has 0 spiro atoms. The van der Waals surface area contributed by atoms with E-state index in [1.807, 2.05) is 0 Å². The Morgan fingerprint density at radius 1 is 0.774 bits per heavy atom. The van der Waals surface area contributed by atoms with Crippen LogP contribution in [0.5, 0.6) is 0 Å². The van der Waals surface area contributed by atoms with Crippen LogP contribution in [0.4, 0.5) is 0 Å². The molecule has 1 aliphatic carbocycles. The van der Waals surface area contributed by atoms with Crippen molar-refractivity contribution in [2.45, 2.75) is 55.0 Å². The van der Waals surface area contributed by atoms with E-state index in [0.717, 1.165) is 22.3 Å². The molecule has 2 aromatic carbocycles. The fraction of sp³-hybridized carbons (Fsp3) is 0.429. The van der Waals surface area contributed by atoms with E-state index in [9.17, 15) is 16.8 Å². The molecule has 0 bridgehead atoms. The maximum Gasteiger partial charge on any atom is 0.240 e. The zero-order valence-electron chi connectivity index (χ0n) is 17.5. The van der Waals surface area contributed by atoms with Crippen molar-refractivity contribution in [2.75, 3.05) is 13.2 Å². The first-order valence-corrected chi connectivity index (χ1v) is 13.1. The molecule has 0 aromatic heterocycles. The second-order valence-electron chi connectivity index (χ2n) is 7.88. The van der Waals surface area contributed by atoms with Gasteiger partial charge in [-0.15, -0.1) is 0 Å². The van der Waals surface area contributed by atoms with Crippen molar-refractivity contribution in [2.24, 2.45) is 0 Å². The molecule has 1 aliphatic rings. The Kier molecular flexibility index (Phi) is 7.19. The highest BCUT2D eigenvalue weighted by atomic mass is 32.2. The largest absolute Gasteiger partial charge is 0.396 e. The van der Waals surface area contributed by atoms with Gasteiger partial charge in [0.25, 0.3) is 0 Å². The van der Waals surface area contributed by atoms with Gasteiger partial charge >= 0.3 is 0 Å². The minimum atomic E-state index is -3.73. The van der Waals surface area contributed by atoms with Crippen molar-refractivity contribution in [3.63, 3.8) is 0 Å². The Morgan fingerprint density at radius 2 is 1.16 bits per heavy atom. The molecule has 2 atom stereocenters. The third-order valence-corrected chi connectivity index (χ3v) is 8.46. The molecule has 4 N–H and O–H groups in total. The summed E-state index contributed by atoms with van der Waals surface area (Å²) in [5.41, 5.74) is 3.37. The van der Waals surface area contributed by atoms with Crippen LogP contribution < -0.4 is 9.44 Å². The number of sulfonamides is 2. The number of fused-ring (bicyclic) bond motifs is 3. The van der Waals surface area contributed by atoms with E-state index in [1.165, 1.54) is 12.1 Å². The molecule has 0 radical (unpaired) electrons. The summed E-state index contributed by atoms with van der Waals surface area (Å²) in [6.45, 7) is 3.16. The van der Waals surface area contributed by atoms with Crippen LogP contribution in [0.2, 0.25) is 0 Å².